The highest BCUT2D eigenvalue weighted by molar-refractivity contribution is 5.69. The molecule has 0 spiro atoms. The van der Waals surface area contributed by atoms with Crippen molar-refractivity contribution >= 4 is 6.09 Å². The first-order valence-corrected chi connectivity index (χ1v) is 7.99. The molecule has 5 nitrogen and oxygen atoms in total. The van der Waals surface area contributed by atoms with Crippen LogP contribution in [0.5, 0.6) is 0 Å². The van der Waals surface area contributed by atoms with Crippen molar-refractivity contribution < 1.29 is 36.9 Å². The number of carbonyl (C=O) groups is 1. The molecule has 1 aromatic rings. The lowest BCUT2D eigenvalue weighted by atomic mass is 9.80. The zero-order valence-corrected chi connectivity index (χ0v) is 14.6. The summed E-state index contributed by atoms with van der Waals surface area (Å²) in [6.07, 6.45) is -7.03. The third-order valence-electron chi connectivity index (χ3n) is 3.99. The molecular weight excluding hydrogens is 358 g/mol. The van der Waals surface area contributed by atoms with Crippen LogP contribution in [0.25, 0.3) is 0 Å². The fraction of sp³-hybridized carbons (Fsp3) is 0.588. The molecule has 2 atom stereocenters. The lowest BCUT2D eigenvalue weighted by Crippen LogP contribution is -2.59. The first-order valence-electron chi connectivity index (χ1n) is 7.99. The Labute approximate surface area is 148 Å². The molecule has 0 aromatic heterocycles. The summed E-state index contributed by atoms with van der Waals surface area (Å²) in [5, 5.41) is 12.8. The molecule has 1 saturated heterocycles. The standard InChI is InChI=1S/C17H21F4NO4/c1-15(2,3)26-14(24)22-16(6-7-25-9-13(16)23)11-5-4-10(8-12(11)18)17(19,20)21/h4-5,8,13,23H,6-7,9H2,1-3H3,(H,22,24). The van der Waals surface area contributed by atoms with Crippen LogP contribution >= 0.6 is 0 Å². The van der Waals surface area contributed by atoms with Gasteiger partial charge in [-0.05, 0) is 32.9 Å². The van der Waals surface area contributed by atoms with Gasteiger partial charge in [0.2, 0.25) is 0 Å². The van der Waals surface area contributed by atoms with Gasteiger partial charge in [0.15, 0.2) is 0 Å². The molecule has 9 heteroatoms. The van der Waals surface area contributed by atoms with Crippen LogP contribution in [-0.2, 0) is 21.2 Å². The molecule has 1 aliphatic heterocycles. The number of hydrogen-bond acceptors (Lipinski definition) is 4. The van der Waals surface area contributed by atoms with Crippen LogP contribution in [-0.4, -0.2) is 36.1 Å². The number of carbonyl (C=O) groups excluding carboxylic acids is 1. The molecule has 2 unspecified atom stereocenters. The number of nitrogens with one attached hydrogen (secondary N) is 1. The lowest BCUT2D eigenvalue weighted by Gasteiger charge is -2.42. The second-order valence-corrected chi connectivity index (χ2v) is 7.13. The predicted molar refractivity (Wildman–Crippen MR) is 83.9 cm³/mol. The van der Waals surface area contributed by atoms with Crippen molar-refractivity contribution in [1.29, 1.82) is 0 Å². The summed E-state index contributed by atoms with van der Waals surface area (Å²) >= 11 is 0. The second kappa shape index (κ2) is 7.03. The highest BCUT2D eigenvalue weighted by Gasteiger charge is 2.46. The molecule has 0 saturated carbocycles. The summed E-state index contributed by atoms with van der Waals surface area (Å²) in [6.45, 7) is 4.73. The Bertz CT molecular complexity index is 672. The Morgan fingerprint density at radius 2 is 2.00 bits per heavy atom. The molecule has 1 aliphatic rings. The fourth-order valence-electron chi connectivity index (χ4n) is 2.80. The van der Waals surface area contributed by atoms with Gasteiger partial charge in [0.05, 0.1) is 12.2 Å². The van der Waals surface area contributed by atoms with Crippen molar-refractivity contribution in [2.75, 3.05) is 13.2 Å². The van der Waals surface area contributed by atoms with Crippen molar-refractivity contribution in [3.63, 3.8) is 0 Å². The highest BCUT2D eigenvalue weighted by Crippen LogP contribution is 2.37. The number of rotatable bonds is 2. The molecule has 0 bridgehead atoms. The Balaban J connectivity index is 2.44. The molecule has 0 aliphatic carbocycles. The van der Waals surface area contributed by atoms with Gasteiger partial charge in [0.1, 0.15) is 23.1 Å². The maximum Gasteiger partial charge on any atom is 0.416 e. The number of hydrogen-bond donors (Lipinski definition) is 2. The van der Waals surface area contributed by atoms with E-state index in [1.54, 1.807) is 20.8 Å². The SMILES string of the molecule is CC(C)(C)OC(=O)NC1(c2ccc(C(F)(F)F)cc2F)CCOCC1O. The third kappa shape index (κ3) is 4.45. The van der Waals surface area contributed by atoms with E-state index in [0.29, 0.717) is 12.1 Å². The average molecular weight is 379 g/mol. The summed E-state index contributed by atoms with van der Waals surface area (Å²) < 4.78 is 63.1. The molecule has 26 heavy (non-hydrogen) atoms. The smallest absolute Gasteiger partial charge is 0.416 e. The van der Waals surface area contributed by atoms with Crippen LogP contribution in [0.15, 0.2) is 18.2 Å². The molecular formula is C17H21F4NO4. The van der Waals surface area contributed by atoms with E-state index in [1.165, 1.54) is 0 Å². The van der Waals surface area contributed by atoms with E-state index in [-0.39, 0.29) is 25.2 Å². The van der Waals surface area contributed by atoms with E-state index in [0.717, 1.165) is 6.07 Å². The number of benzene rings is 1. The van der Waals surface area contributed by atoms with Crippen LogP contribution in [0.4, 0.5) is 22.4 Å². The molecule has 146 valence electrons. The van der Waals surface area contributed by atoms with Crippen molar-refractivity contribution in [1.82, 2.24) is 5.32 Å². The Hall–Kier alpha value is -1.87. The Morgan fingerprint density at radius 1 is 1.35 bits per heavy atom. The van der Waals surface area contributed by atoms with Crippen LogP contribution in [0.2, 0.25) is 0 Å². The van der Waals surface area contributed by atoms with Gasteiger partial charge in [-0.1, -0.05) is 6.07 Å². The second-order valence-electron chi connectivity index (χ2n) is 7.13. The van der Waals surface area contributed by atoms with Gasteiger partial charge in [-0.2, -0.15) is 13.2 Å². The summed E-state index contributed by atoms with van der Waals surface area (Å²) in [6, 6.07) is 1.97. The summed E-state index contributed by atoms with van der Waals surface area (Å²) in [5.74, 6) is -1.18. The average Bonchev–Trinajstić information content (AvgIpc) is 2.46. The van der Waals surface area contributed by atoms with Gasteiger partial charge >= 0.3 is 12.3 Å². The molecule has 0 radical (unpaired) electrons. The van der Waals surface area contributed by atoms with E-state index < -0.39 is 40.9 Å². The molecule has 2 rings (SSSR count). The minimum atomic E-state index is -4.71. The molecule has 2 N–H and O–H groups in total. The predicted octanol–water partition coefficient (Wildman–Crippen LogP) is 3.35. The van der Waals surface area contributed by atoms with E-state index in [9.17, 15) is 27.5 Å². The Morgan fingerprint density at radius 3 is 2.50 bits per heavy atom. The zero-order valence-electron chi connectivity index (χ0n) is 14.6. The van der Waals surface area contributed by atoms with Crippen molar-refractivity contribution in [2.24, 2.45) is 0 Å². The fourth-order valence-corrected chi connectivity index (χ4v) is 2.80. The maximum atomic E-state index is 14.5. The normalized spacial score (nSPS) is 24.2. The van der Waals surface area contributed by atoms with Crippen molar-refractivity contribution in [3.05, 3.63) is 35.1 Å². The first kappa shape index (κ1) is 20.4. The van der Waals surface area contributed by atoms with Crippen LogP contribution in [0.3, 0.4) is 0 Å². The van der Waals surface area contributed by atoms with Crippen LogP contribution < -0.4 is 5.32 Å². The van der Waals surface area contributed by atoms with Crippen LogP contribution in [0.1, 0.15) is 38.3 Å². The van der Waals surface area contributed by atoms with E-state index in [1.807, 2.05) is 0 Å². The maximum absolute atomic E-state index is 14.5. The Kier molecular flexibility index (Phi) is 5.53. The van der Waals surface area contributed by atoms with Crippen molar-refractivity contribution in [3.8, 4) is 0 Å². The van der Waals surface area contributed by atoms with Gasteiger partial charge in [-0.15, -0.1) is 0 Å². The largest absolute Gasteiger partial charge is 0.444 e. The van der Waals surface area contributed by atoms with Crippen LogP contribution in [0, 0.1) is 5.82 Å². The van der Waals surface area contributed by atoms with E-state index in [2.05, 4.69) is 5.32 Å². The number of aliphatic hydroxyl groups is 1. The minimum absolute atomic E-state index is 0.0320. The van der Waals surface area contributed by atoms with Gasteiger partial charge in [0.25, 0.3) is 0 Å². The lowest BCUT2D eigenvalue weighted by molar-refractivity contribution is -0.137. The topological polar surface area (TPSA) is 67.8 Å². The number of aliphatic hydroxyl groups excluding tert-OH is 1. The van der Waals surface area contributed by atoms with Crippen molar-refractivity contribution in [2.45, 2.75) is 50.6 Å². The number of alkyl carbamates (subject to hydrolysis) is 1. The van der Waals surface area contributed by atoms with E-state index in [4.69, 9.17) is 9.47 Å². The number of alkyl halides is 3. The summed E-state index contributed by atoms with van der Waals surface area (Å²) in [4.78, 5) is 12.2. The van der Waals surface area contributed by atoms with Gasteiger partial charge in [0, 0.05) is 18.6 Å². The van der Waals surface area contributed by atoms with Gasteiger partial charge in [-0.25, -0.2) is 9.18 Å². The van der Waals surface area contributed by atoms with E-state index >= 15 is 0 Å². The summed E-state index contributed by atoms with van der Waals surface area (Å²) in [5.41, 5.74) is -3.92. The van der Waals surface area contributed by atoms with Gasteiger partial charge < -0.3 is 19.9 Å². The summed E-state index contributed by atoms with van der Waals surface area (Å²) in [7, 11) is 0. The molecule has 1 amide bonds. The monoisotopic (exact) mass is 379 g/mol. The third-order valence-corrected chi connectivity index (χ3v) is 3.99. The minimum Gasteiger partial charge on any atom is -0.444 e. The number of halogens is 4. The molecule has 1 fully saturated rings. The number of ether oxygens (including phenoxy) is 2. The number of amides is 1. The molecule has 1 heterocycles. The van der Waals surface area contributed by atoms with Gasteiger partial charge in [-0.3, -0.25) is 0 Å². The zero-order chi connectivity index (χ0) is 19.8. The molecule has 1 aromatic carbocycles. The quantitative estimate of drug-likeness (QED) is 0.774. The first-order chi connectivity index (χ1) is 11.8. The highest BCUT2D eigenvalue weighted by atomic mass is 19.4.